The normalized spacial score (nSPS) is 10.9. The molecule has 0 aromatic heterocycles. The lowest BCUT2D eigenvalue weighted by Gasteiger charge is -2.21. The minimum atomic E-state index is 0.154. The Hall–Kier alpha value is -0.810. The van der Waals surface area contributed by atoms with E-state index in [-0.39, 0.29) is 6.61 Å². The lowest BCUT2D eigenvalue weighted by Crippen LogP contribution is -2.27. The van der Waals surface area contributed by atoms with Crippen molar-refractivity contribution in [2.75, 3.05) is 19.7 Å². The average molecular weight is 259 g/mol. The van der Waals surface area contributed by atoms with Gasteiger partial charge in [-0.25, -0.2) is 0 Å². The number of aliphatic hydroxyl groups excluding tert-OH is 1. The van der Waals surface area contributed by atoms with Gasteiger partial charge in [0, 0.05) is 24.2 Å². The number of benzene rings is 1. The van der Waals surface area contributed by atoms with Crippen LogP contribution >= 0.6 is 11.6 Å². The third kappa shape index (κ3) is 4.52. The number of aliphatic hydroxyl groups is 1. The van der Waals surface area contributed by atoms with E-state index in [0.29, 0.717) is 17.3 Å². The molecule has 96 valence electrons. The Morgan fingerprint density at radius 2 is 2.18 bits per heavy atom. The van der Waals surface area contributed by atoms with Crippen molar-refractivity contribution in [1.82, 2.24) is 4.90 Å². The molecule has 0 bridgehead atoms. The van der Waals surface area contributed by atoms with Crippen molar-refractivity contribution in [3.8, 4) is 5.75 Å². The summed E-state index contributed by atoms with van der Waals surface area (Å²) in [5, 5.41) is 9.61. The molecule has 0 amide bonds. The molecular weight excluding hydrogens is 240 g/mol. The van der Waals surface area contributed by atoms with Gasteiger partial charge in [-0.1, -0.05) is 24.6 Å². The predicted molar refractivity (Wildman–Crippen MR) is 68.9 cm³/mol. The standard InChI is InChI=1S/C12H19ClN2O2/c1-2-5-15(6-7-16)9-10-3-4-11(17-14)8-12(10)13/h3-4,8,16H,2,5-7,9,14H2,1H3. The highest BCUT2D eigenvalue weighted by Gasteiger charge is 2.08. The van der Waals surface area contributed by atoms with Gasteiger partial charge in [0.25, 0.3) is 0 Å². The molecule has 0 aliphatic rings. The smallest absolute Gasteiger partial charge is 0.148 e. The fraction of sp³-hybridized carbons (Fsp3) is 0.500. The predicted octanol–water partition coefficient (Wildman–Crippen LogP) is 1.80. The van der Waals surface area contributed by atoms with Crippen molar-refractivity contribution in [2.24, 2.45) is 5.90 Å². The summed E-state index contributed by atoms with van der Waals surface area (Å²) in [6.45, 7) is 4.57. The highest BCUT2D eigenvalue weighted by atomic mass is 35.5. The van der Waals surface area contributed by atoms with Crippen LogP contribution in [0.3, 0.4) is 0 Å². The van der Waals surface area contributed by atoms with Crippen LogP contribution in [0.25, 0.3) is 0 Å². The van der Waals surface area contributed by atoms with Gasteiger partial charge in [-0.2, -0.15) is 5.90 Å². The van der Waals surface area contributed by atoms with Crippen LogP contribution < -0.4 is 10.7 Å². The van der Waals surface area contributed by atoms with Crippen LogP contribution in [0.4, 0.5) is 0 Å². The summed E-state index contributed by atoms with van der Waals surface area (Å²) in [6.07, 6.45) is 1.04. The van der Waals surface area contributed by atoms with Gasteiger partial charge in [0.1, 0.15) is 5.75 Å². The number of nitrogens with two attached hydrogens (primary N) is 1. The lowest BCUT2D eigenvalue weighted by atomic mass is 10.2. The van der Waals surface area contributed by atoms with Gasteiger partial charge in [-0.05, 0) is 24.6 Å². The van der Waals surface area contributed by atoms with E-state index < -0.39 is 0 Å². The summed E-state index contributed by atoms with van der Waals surface area (Å²) in [5.41, 5.74) is 1.01. The van der Waals surface area contributed by atoms with Gasteiger partial charge in [0.05, 0.1) is 6.61 Å². The first kappa shape index (κ1) is 14.3. The summed E-state index contributed by atoms with van der Waals surface area (Å²) >= 11 is 6.13. The third-order valence-electron chi connectivity index (χ3n) is 2.51. The molecule has 17 heavy (non-hydrogen) atoms. The zero-order valence-electron chi connectivity index (χ0n) is 10.0. The van der Waals surface area contributed by atoms with Crippen molar-refractivity contribution >= 4 is 11.6 Å². The van der Waals surface area contributed by atoms with E-state index in [2.05, 4.69) is 16.7 Å². The fourth-order valence-corrected chi connectivity index (χ4v) is 1.93. The first-order valence-electron chi connectivity index (χ1n) is 5.69. The molecule has 0 heterocycles. The van der Waals surface area contributed by atoms with Crippen LogP contribution in [0, 0.1) is 0 Å². The van der Waals surface area contributed by atoms with Crippen LogP contribution in [-0.4, -0.2) is 29.7 Å². The molecule has 4 nitrogen and oxygen atoms in total. The van der Waals surface area contributed by atoms with Gasteiger partial charge in [0.2, 0.25) is 0 Å². The van der Waals surface area contributed by atoms with Crippen LogP contribution in [0.1, 0.15) is 18.9 Å². The van der Waals surface area contributed by atoms with E-state index in [0.717, 1.165) is 25.1 Å². The minimum Gasteiger partial charge on any atom is -0.411 e. The van der Waals surface area contributed by atoms with Crippen LogP contribution in [-0.2, 0) is 6.54 Å². The van der Waals surface area contributed by atoms with Gasteiger partial charge >= 0.3 is 0 Å². The second-order valence-corrected chi connectivity index (χ2v) is 4.28. The highest BCUT2D eigenvalue weighted by molar-refractivity contribution is 6.31. The Bertz CT molecular complexity index is 341. The summed E-state index contributed by atoms with van der Waals surface area (Å²) < 4.78 is 0. The maximum Gasteiger partial charge on any atom is 0.148 e. The van der Waals surface area contributed by atoms with Crippen LogP contribution in [0.2, 0.25) is 5.02 Å². The summed E-state index contributed by atoms with van der Waals surface area (Å²) in [4.78, 5) is 6.77. The number of halogens is 1. The second-order valence-electron chi connectivity index (χ2n) is 3.87. The number of rotatable bonds is 7. The van der Waals surface area contributed by atoms with E-state index in [1.54, 1.807) is 12.1 Å². The molecule has 0 aliphatic heterocycles. The summed E-state index contributed by atoms with van der Waals surface area (Å²) in [7, 11) is 0. The maximum atomic E-state index is 8.98. The van der Waals surface area contributed by atoms with Gasteiger partial charge < -0.3 is 9.94 Å². The zero-order chi connectivity index (χ0) is 12.7. The maximum absolute atomic E-state index is 8.98. The van der Waals surface area contributed by atoms with Crippen molar-refractivity contribution < 1.29 is 9.94 Å². The number of hydrogen-bond acceptors (Lipinski definition) is 4. The topological polar surface area (TPSA) is 58.7 Å². The molecule has 0 spiro atoms. The molecule has 3 N–H and O–H groups in total. The van der Waals surface area contributed by atoms with Crippen molar-refractivity contribution in [3.05, 3.63) is 28.8 Å². The van der Waals surface area contributed by atoms with Gasteiger partial charge in [-0.3, -0.25) is 4.90 Å². The molecule has 0 unspecified atom stereocenters. The molecule has 5 heteroatoms. The van der Waals surface area contributed by atoms with Gasteiger partial charge in [-0.15, -0.1) is 0 Å². The fourth-order valence-electron chi connectivity index (χ4n) is 1.70. The Balaban J connectivity index is 2.71. The largest absolute Gasteiger partial charge is 0.411 e. The molecular formula is C12H19ClN2O2. The molecule has 0 radical (unpaired) electrons. The van der Waals surface area contributed by atoms with Crippen molar-refractivity contribution in [2.45, 2.75) is 19.9 Å². The molecule has 1 aromatic carbocycles. The number of nitrogens with zero attached hydrogens (tertiary/aromatic N) is 1. The van der Waals surface area contributed by atoms with E-state index >= 15 is 0 Å². The van der Waals surface area contributed by atoms with Crippen molar-refractivity contribution in [3.63, 3.8) is 0 Å². The Morgan fingerprint density at radius 1 is 1.41 bits per heavy atom. The first-order chi connectivity index (χ1) is 8.21. The first-order valence-corrected chi connectivity index (χ1v) is 6.07. The quantitative estimate of drug-likeness (QED) is 0.733. The molecule has 1 aromatic rings. The summed E-state index contributed by atoms with van der Waals surface area (Å²) in [5.74, 6) is 5.61. The summed E-state index contributed by atoms with van der Waals surface area (Å²) in [6, 6.07) is 5.37. The van der Waals surface area contributed by atoms with Gasteiger partial charge in [0.15, 0.2) is 0 Å². The Kier molecular flexibility index (Phi) is 6.29. The van der Waals surface area contributed by atoms with Crippen molar-refractivity contribution in [1.29, 1.82) is 0 Å². The van der Waals surface area contributed by atoms with E-state index in [1.807, 2.05) is 6.07 Å². The second kappa shape index (κ2) is 7.50. The Morgan fingerprint density at radius 3 is 2.71 bits per heavy atom. The highest BCUT2D eigenvalue weighted by Crippen LogP contribution is 2.23. The minimum absolute atomic E-state index is 0.154. The molecule has 0 saturated carbocycles. The molecule has 0 aliphatic carbocycles. The lowest BCUT2D eigenvalue weighted by molar-refractivity contribution is 0.190. The molecule has 0 saturated heterocycles. The average Bonchev–Trinajstić information content (AvgIpc) is 2.32. The monoisotopic (exact) mass is 258 g/mol. The molecule has 0 atom stereocenters. The Labute approximate surface area is 107 Å². The van der Waals surface area contributed by atoms with Crippen LogP contribution in [0.15, 0.2) is 18.2 Å². The van der Waals surface area contributed by atoms with E-state index in [4.69, 9.17) is 22.6 Å². The SMILES string of the molecule is CCCN(CCO)Cc1ccc(ON)cc1Cl. The van der Waals surface area contributed by atoms with Crippen LogP contribution in [0.5, 0.6) is 5.75 Å². The zero-order valence-corrected chi connectivity index (χ0v) is 10.8. The molecule has 1 rings (SSSR count). The van der Waals surface area contributed by atoms with E-state index in [9.17, 15) is 0 Å². The van der Waals surface area contributed by atoms with E-state index in [1.165, 1.54) is 0 Å². The molecule has 0 fully saturated rings. The number of hydrogen-bond donors (Lipinski definition) is 2. The third-order valence-corrected chi connectivity index (χ3v) is 2.86.